The SMILES string of the molecule is COC(=O)N1CCC(Cc2c[nH]c3ccccc23)CC1. The first-order chi connectivity index (χ1) is 9.78. The van der Waals surface area contributed by atoms with E-state index in [0.29, 0.717) is 5.92 Å². The molecule has 1 aromatic carbocycles. The molecule has 1 fully saturated rings. The molecule has 0 bridgehead atoms. The van der Waals surface area contributed by atoms with Crippen LogP contribution in [-0.2, 0) is 11.2 Å². The Morgan fingerprint density at radius 2 is 2.10 bits per heavy atom. The molecule has 0 saturated carbocycles. The molecule has 1 aliphatic rings. The number of hydrogen-bond donors (Lipinski definition) is 1. The number of methoxy groups -OCH3 is 1. The number of amides is 1. The van der Waals surface area contributed by atoms with Crippen LogP contribution in [0.1, 0.15) is 18.4 Å². The molecule has 4 nitrogen and oxygen atoms in total. The summed E-state index contributed by atoms with van der Waals surface area (Å²) in [6, 6.07) is 8.42. The Balaban J connectivity index is 1.64. The number of nitrogens with one attached hydrogen (secondary N) is 1. The normalized spacial score (nSPS) is 16.6. The molecular formula is C16H20N2O2. The van der Waals surface area contributed by atoms with Crippen molar-refractivity contribution in [2.75, 3.05) is 20.2 Å². The number of rotatable bonds is 2. The van der Waals surface area contributed by atoms with E-state index in [2.05, 4.69) is 35.4 Å². The van der Waals surface area contributed by atoms with Gasteiger partial charge in [0.05, 0.1) is 7.11 Å². The number of H-pyrrole nitrogens is 1. The third kappa shape index (κ3) is 2.50. The van der Waals surface area contributed by atoms with Crippen LogP contribution in [0, 0.1) is 5.92 Å². The maximum atomic E-state index is 11.5. The molecule has 2 aromatic rings. The zero-order chi connectivity index (χ0) is 13.9. The highest BCUT2D eigenvalue weighted by molar-refractivity contribution is 5.83. The molecule has 1 N–H and O–H groups in total. The predicted molar refractivity (Wildman–Crippen MR) is 78.7 cm³/mol. The minimum Gasteiger partial charge on any atom is -0.453 e. The molecule has 4 heteroatoms. The van der Waals surface area contributed by atoms with Crippen molar-refractivity contribution in [2.45, 2.75) is 19.3 Å². The Morgan fingerprint density at radius 3 is 2.85 bits per heavy atom. The zero-order valence-corrected chi connectivity index (χ0v) is 11.8. The van der Waals surface area contributed by atoms with Crippen LogP contribution in [0.5, 0.6) is 0 Å². The molecule has 2 heterocycles. The van der Waals surface area contributed by atoms with Crippen molar-refractivity contribution in [1.82, 2.24) is 9.88 Å². The highest BCUT2D eigenvalue weighted by Crippen LogP contribution is 2.26. The van der Waals surface area contributed by atoms with Crippen LogP contribution in [-0.4, -0.2) is 36.2 Å². The number of hydrogen-bond acceptors (Lipinski definition) is 2. The van der Waals surface area contributed by atoms with Gasteiger partial charge in [-0.25, -0.2) is 4.79 Å². The van der Waals surface area contributed by atoms with Crippen molar-refractivity contribution >= 4 is 17.0 Å². The molecule has 1 aliphatic heterocycles. The number of piperidine rings is 1. The van der Waals surface area contributed by atoms with E-state index in [0.717, 1.165) is 32.4 Å². The van der Waals surface area contributed by atoms with Crippen LogP contribution in [0.4, 0.5) is 4.79 Å². The molecule has 0 spiro atoms. The third-order valence-electron chi connectivity index (χ3n) is 4.23. The smallest absolute Gasteiger partial charge is 0.409 e. The van der Waals surface area contributed by atoms with Crippen LogP contribution in [0.3, 0.4) is 0 Å². The van der Waals surface area contributed by atoms with Crippen LogP contribution in [0.25, 0.3) is 10.9 Å². The van der Waals surface area contributed by atoms with E-state index >= 15 is 0 Å². The lowest BCUT2D eigenvalue weighted by Gasteiger charge is -2.30. The van der Waals surface area contributed by atoms with Gasteiger partial charge >= 0.3 is 6.09 Å². The number of aromatic amines is 1. The Labute approximate surface area is 118 Å². The second-order valence-corrected chi connectivity index (χ2v) is 5.46. The summed E-state index contributed by atoms with van der Waals surface area (Å²) in [6.07, 6.45) is 5.11. The number of carbonyl (C=O) groups excluding carboxylic acids is 1. The second-order valence-electron chi connectivity index (χ2n) is 5.46. The molecule has 1 amide bonds. The maximum absolute atomic E-state index is 11.5. The highest BCUT2D eigenvalue weighted by Gasteiger charge is 2.23. The Bertz CT molecular complexity index is 597. The first-order valence-corrected chi connectivity index (χ1v) is 7.16. The van der Waals surface area contributed by atoms with Gasteiger partial charge in [0.15, 0.2) is 0 Å². The lowest BCUT2D eigenvalue weighted by molar-refractivity contribution is 0.106. The van der Waals surface area contributed by atoms with Gasteiger partial charge in [-0.1, -0.05) is 18.2 Å². The number of likely N-dealkylation sites (tertiary alicyclic amines) is 1. The van der Waals surface area contributed by atoms with Gasteiger partial charge in [-0.05, 0) is 36.8 Å². The van der Waals surface area contributed by atoms with Gasteiger partial charge in [0.2, 0.25) is 0 Å². The van der Waals surface area contributed by atoms with Gasteiger partial charge in [-0.15, -0.1) is 0 Å². The van der Waals surface area contributed by atoms with Crippen molar-refractivity contribution in [3.05, 3.63) is 36.0 Å². The average molecular weight is 272 g/mol. The molecule has 1 aromatic heterocycles. The van der Waals surface area contributed by atoms with Gasteiger partial charge < -0.3 is 14.6 Å². The summed E-state index contributed by atoms with van der Waals surface area (Å²) < 4.78 is 4.77. The van der Waals surface area contributed by atoms with Crippen molar-refractivity contribution in [3.8, 4) is 0 Å². The van der Waals surface area contributed by atoms with Crippen LogP contribution >= 0.6 is 0 Å². The maximum Gasteiger partial charge on any atom is 0.409 e. The monoisotopic (exact) mass is 272 g/mol. The third-order valence-corrected chi connectivity index (χ3v) is 4.23. The Kier molecular flexibility index (Phi) is 3.63. The molecule has 20 heavy (non-hydrogen) atoms. The Hall–Kier alpha value is -1.97. The minimum absolute atomic E-state index is 0.199. The number of carbonyl (C=O) groups is 1. The van der Waals surface area contributed by atoms with Crippen LogP contribution in [0.15, 0.2) is 30.5 Å². The lowest BCUT2D eigenvalue weighted by Crippen LogP contribution is -2.38. The standard InChI is InChI=1S/C16H20N2O2/c1-20-16(19)18-8-6-12(7-9-18)10-13-11-17-15-5-3-2-4-14(13)15/h2-5,11-12,17H,6-10H2,1H3. The number of fused-ring (bicyclic) bond motifs is 1. The fraction of sp³-hybridized carbons (Fsp3) is 0.438. The van der Waals surface area contributed by atoms with Crippen LogP contribution < -0.4 is 0 Å². The van der Waals surface area contributed by atoms with Gasteiger partial charge in [0.1, 0.15) is 0 Å². The first kappa shape index (κ1) is 13.0. The minimum atomic E-state index is -0.199. The summed E-state index contributed by atoms with van der Waals surface area (Å²) in [5, 5.41) is 1.32. The van der Waals surface area contributed by atoms with Crippen molar-refractivity contribution < 1.29 is 9.53 Å². The zero-order valence-electron chi connectivity index (χ0n) is 11.8. The largest absolute Gasteiger partial charge is 0.453 e. The quantitative estimate of drug-likeness (QED) is 0.912. The molecule has 0 radical (unpaired) electrons. The molecular weight excluding hydrogens is 252 g/mol. The number of ether oxygens (including phenoxy) is 1. The lowest BCUT2D eigenvalue weighted by atomic mass is 9.90. The topological polar surface area (TPSA) is 45.3 Å². The molecule has 0 unspecified atom stereocenters. The number of para-hydroxylation sites is 1. The molecule has 0 aliphatic carbocycles. The van der Waals surface area contributed by atoms with E-state index in [1.165, 1.54) is 23.6 Å². The molecule has 3 rings (SSSR count). The van der Waals surface area contributed by atoms with Gasteiger partial charge in [-0.3, -0.25) is 0 Å². The van der Waals surface area contributed by atoms with Crippen molar-refractivity contribution in [2.24, 2.45) is 5.92 Å². The van der Waals surface area contributed by atoms with Crippen LogP contribution in [0.2, 0.25) is 0 Å². The summed E-state index contributed by atoms with van der Waals surface area (Å²) in [4.78, 5) is 16.6. The van der Waals surface area contributed by atoms with Crippen molar-refractivity contribution in [3.63, 3.8) is 0 Å². The highest BCUT2D eigenvalue weighted by atomic mass is 16.5. The summed E-state index contributed by atoms with van der Waals surface area (Å²) >= 11 is 0. The molecule has 1 saturated heterocycles. The van der Waals surface area contributed by atoms with Gasteiger partial charge in [0.25, 0.3) is 0 Å². The first-order valence-electron chi connectivity index (χ1n) is 7.16. The van der Waals surface area contributed by atoms with E-state index in [1.54, 1.807) is 4.90 Å². The summed E-state index contributed by atoms with van der Waals surface area (Å²) in [6.45, 7) is 1.61. The number of benzene rings is 1. The Morgan fingerprint density at radius 1 is 1.35 bits per heavy atom. The number of nitrogens with zero attached hydrogens (tertiary/aromatic N) is 1. The fourth-order valence-electron chi connectivity index (χ4n) is 3.06. The summed E-state index contributed by atoms with van der Waals surface area (Å²) in [5.41, 5.74) is 2.59. The second kappa shape index (κ2) is 5.57. The number of aromatic nitrogens is 1. The summed E-state index contributed by atoms with van der Waals surface area (Å²) in [7, 11) is 1.44. The van der Waals surface area contributed by atoms with E-state index in [-0.39, 0.29) is 6.09 Å². The van der Waals surface area contributed by atoms with E-state index < -0.39 is 0 Å². The predicted octanol–water partition coefficient (Wildman–Crippen LogP) is 3.19. The fourth-order valence-corrected chi connectivity index (χ4v) is 3.06. The van der Waals surface area contributed by atoms with E-state index in [1.807, 2.05) is 0 Å². The molecule has 106 valence electrons. The van der Waals surface area contributed by atoms with Crippen molar-refractivity contribution in [1.29, 1.82) is 0 Å². The average Bonchev–Trinajstić information content (AvgIpc) is 2.91. The summed E-state index contributed by atoms with van der Waals surface area (Å²) in [5.74, 6) is 0.648. The van der Waals surface area contributed by atoms with Gasteiger partial charge in [-0.2, -0.15) is 0 Å². The molecule has 0 atom stereocenters. The van der Waals surface area contributed by atoms with E-state index in [4.69, 9.17) is 4.74 Å². The van der Waals surface area contributed by atoms with Gasteiger partial charge in [0, 0.05) is 30.2 Å². The van der Waals surface area contributed by atoms with E-state index in [9.17, 15) is 4.79 Å².